The third-order valence-corrected chi connectivity index (χ3v) is 4.03. The number of methoxy groups -OCH3 is 1. The van der Waals surface area contributed by atoms with Gasteiger partial charge in [-0.1, -0.05) is 31.9 Å². The Kier molecular flexibility index (Phi) is 8.90. The van der Waals surface area contributed by atoms with E-state index in [9.17, 15) is 4.79 Å². The second-order valence-electron chi connectivity index (χ2n) is 6.16. The molecule has 0 aliphatic heterocycles. The smallest absolute Gasteiger partial charge is 0.244 e. The molecule has 0 bridgehead atoms. The molecule has 5 heteroatoms. The fraction of sp³-hybridized carbons (Fsp3) is 0.364. The van der Waals surface area contributed by atoms with Crippen molar-refractivity contribution in [1.29, 1.82) is 0 Å². The van der Waals surface area contributed by atoms with Crippen molar-refractivity contribution in [2.24, 2.45) is 0 Å². The van der Waals surface area contributed by atoms with Gasteiger partial charge in [-0.05, 0) is 42.3 Å². The highest BCUT2D eigenvalue weighted by Gasteiger charge is 2.05. The third kappa shape index (κ3) is 7.52. The van der Waals surface area contributed by atoms with Gasteiger partial charge in [-0.15, -0.1) is 0 Å². The topological polar surface area (TPSA) is 60.5 Å². The molecule has 0 radical (unpaired) electrons. The van der Waals surface area contributed by atoms with Crippen LogP contribution < -0.4 is 14.8 Å². The van der Waals surface area contributed by atoms with E-state index in [1.165, 1.54) is 6.08 Å². The average Bonchev–Trinajstić information content (AvgIpc) is 2.70. The minimum absolute atomic E-state index is 0.132. The molecule has 0 unspecified atom stereocenters. The number of ether oxygens (including phenoxy) is 2. The number of nitrogens with one attached hydrogen (secondary N) is 1. The predicted octanol–water partition coefficient (Wildman–Crippen LogP) is 4.03. The Morgan fingerprint density at radius 2 is 2.07 bits per heavy atom. The standard InChI is InChI=1S/C22H28N2O3/c1-3-4-7-16-27-21-17-18(9-11-20(21)26-2)10-12-22(25)24-15-13-19-8-5-6-14-23-19/h5-6,8-12,14,17H,3-4,7,13,15-16H2,1-2H3,(H,24,25). The monoisotopic (exact) mass is 368 g/mol. The van der Waals surface area contributed by atoms with Gasteiger partial charge in [-0.3, -0.25) is 9.78 Å². The number of amides is 1. The van der Waals surface area contributed by atoms with Crippen LogP contribution in [-0.4, -0.2) is 31.2 Å². The van der Waals surface area contributed by atoms with Crippen LogP contribution in [0.4, 0.5) is 0 Å². The zero-order chi connectivity index (χ0) is 19.3. The maximum atomic E-state index is 12.0. The van der Waals surface area contributed by atoms with Crippen molar-refractivity contribution in [2.45, 2.75) is 32.6 Å². The van der Waals surface area contributed by atoms with Gasteiger partial charge in [0.25, 0.3) is 0 Å². The van der Waals surface area contributed by atoms with Crippen molar-refractivity contribution < 1.29 is 14.3 Å². The summed E-state index contributed by atoms with van der Waals surface area (Å²) in [6, 6.07) is 11.4. The predicted molar refractivity (Wildman–Crippen MR) is 108 cm³/mol. The van der Waals surface area contributed by atoms with Gasteiger partial charge in [0, 0.05) is 30.9 Å². The Balaban J connectivity index is 1.86. The molecule has 2 rings (SSSR count). The zero-order valence-electron chi connectivity index (χ0n) is 16.1. The molecule has 2 aromatic rings. The van der Waals surface area contributed by atoms with Crippen LogP contribution in [0.2, 0.25) is 0 Å². The van der Waals surface area contributed by atoms with Gasteiger partial charge < -0.3 is 14.8 Å². The Labute approximate surface area is 161 Å². The number of pyridine rings is 1. The van der Waals surface area contributed by atoms with Crippen LogP contribution in [0.25, 0.3) is 6.08 Å². The number of nitrogens with zero attached hydrogens (tertiary/aromatic N) is 1. The molecule has 1 N–H and O–H groups in total. The quantitative estimate of drug-likeness (QED) is 0.480. The van der Waals surface area contributed by atoms with Crippen LogP contribution in [0.5, 0.6) is 11.5 Å². The number of rotatable bonds is 11. The number of carbonyl (C=O) groups is 1. The first-order chi connectivity index (χ1) is 13.2. The van der Waals surface area contributed by atoms with Crippen molar-refractivity contribution >= 4 is 12.0 Å². The first-order valence-corrected chi connectivity index (χ1v) is 9.39. The normalized spacial score (nSPS) is 10.7. The molecule has 1 aromatic carbocycles. The highest BCUT2D eigenvalue weighted by molar-refractivity contribution is 5.91. The van der Waals surface area contributed by atoms with Crippen LogP contribution in [0.3, 0.4) is 0 Å². The van der Waals surface area contributed by atoms with E-state index in [4.69, 9.17) is 9.47 Å². The van der Waals surface area contributed by atoms with E-state index >= 15 is 0 Å². The Morgan fingerprint density at radius 3 is 2.81 bits per heavy atom. The summed E-state index contributed by atoms with van der Waals surface area (Å²) in [5.41, 5.74) is 1.85. The molecule has 0 aliphatic rings. The van der Waals surface area contributed by atoms with Crippen molar-refractivity contribution in [2.75, 3.05) is 20.3 Å². The van der Waals surface area contributed by atoms with Crippen molar-refractivity contribution in [1.82, 2.24) is 10.3 Å². The minimum atomic E-state index is -0.132. The van der Waals surface area contributed by atoms with E-state index in [-0.39, 0.29) is 5.91 Å². The molecule has 0 fully saturated rings. The van der Waals surface area contributed by atoms with E-state index < -0.39 is 0 Å². The molecule has 1 aromatic heterocycles. The summed E-state index contributed by atoms with van der Waals surface area (Å²) in [6.07, 6.45) is 9.06. The molecular formula is C22H28N2O3. The molecule has 144 valence electrons. The van der Waals surface area contributed by atoms with E-state index in [1.807, 2.05) is 36.4 Å². The summed E-state index contributed by atoms with van der Waals surface area (Å²) < 4.78 is 11.2. The van der Waals surface area contributed by atoms with E-state index in [2.05, 4.69) is 17.2 Å². The maximum absolute atomic E-state index is 12.0. The summed E-state index contributed by atoms with van der Waals surface area (Å²) in [4.78, 5) is 16.2. The fourth-order valence-corrected chi connectivity index (χ4v) is 2.53. The largest absolute Gasteiger partial charge is 0.493 e. The highest BCUT2D eigenvalue weighted by atomic mass is 16.5. The lowest BCUT2D eigenvalue weighted by atomic mass is 10.2. The molecule has 0 atom stereocenters. The Hall–Kier alpha value is -2.82. The SMILES string of the molecule is CCCCCOc1cc(C=CC(=O)NCCc2ccccn2)ccc1OC. The van der Waals surface area contributed by atoms with Gasteiger partial charge in [0.2, 0.25) is 5.91 Å². The van der Waals surface area contributed by atoms with Crippen molar-refractivity contribution in [3.8, 4) is 11.5 Å². The number of hydrogen-bond donors (Lipinski definition) is 1. The fourth-order valence-electron chi connectivity index (χ4n) is 2.53. The highest BCUT2D eigenvalue weighted by Crippen LogP contribution is 2.28. The molecule has 0 saturated heterocycles. The lowest BCUT2D eigenvalue weighted by molar-refractivity contribution is -0.116. The molecule has 1 heterocycles. The third-order valence-electron chi connectivity index (χ3n) is 4.03. The van der Waals surface area contributed by atoms with Crippen LogP contribution in [0.1, 0.15) is 37.4 Å². The van der Waals surface area contributed by atoms with Gasteiger partial charge in [0.15, 0.2) is 11.5 Å². The number of unbranched alkanes of at least 4 members (excludes halogenated alkanes) is 2. The first kappa shape index (κ1) is 20.5. The molecule has 0 spiro atoms. The molecule has 0 saturated carbocycles. The van der Waals surface area contributed by atoms with Gasteiger partial charge in [-0.25, -0.2) is 0 Å². The number of hydrogen-bond acceptors (Lipinski definition) is 4. The van der Waals surface area contributed by atoms with E-state index in [0.717, 1.165) is 30.5 Å². The maximum Gasteiger partial charge on any atom is 0.244 e. The summed E-state index contributed by atoms with van der Waals surface area (Å²) in [7, 11) is 1.62. The summed E-state index contributed by atoms with van der Waals surface area (Å²) >= 11 is 0. The zero-order valence-corrected chi connectivity index (χ0v) is 16.1. The van der Waals surface area contributed by atoms with Crippen LogP contribution in [0, 0.1) is 0 Å². The van der Waals surface area contributed by atoms with Crippen LogP contribution >= 0.6 is 0 Å². The Bertz CT molecular complexity index is 730. The van der Waals surface area contributed by atoms with Gasteiger partial charge in [-0.2, -0.15) is 0 Å². The van der Waals surface area contributed by atoms with Crippen LogP contribution in [-0.2, 0) is 11.2 Å². The van der Waals surface area contributed by atoms with E-state index in [0.29, 0.717) is 31.1 Å². The van der Waals surface area contributed by atoms with Crippen molar-refractivity contribution in [3.63, 3.8) is 0 Å². The second kappa shape index (κ2) is 11.7. The summed E-state index contributed by atoms with van der Waals surface area (Å²) in [5, 5.41) is 2.87. The molecular weight excluding hydrogens is 340 g/mol. The minimum Gasteiger partial charge on any atom is -0.493 e. The molecule has 27 heavy (non-hydrogen) atoms. The second-order valence-corrected chi connectivity index (χ2v) is 6.16. The molecule has 5 nitrogen and oxygen atoms in total. The van der Waals surface area contributed by atoms with Gasteiger partial charge in [0.1, 0.15) is 0 Å². The molecule has 0 aliphatic carbocycles. The van der Waals surface area contributed by atoms with E-state index in [1.54, 1.807) is 19.4 Å². The lowest BCUT2D eigenvalue weighted by Crippen LogP contribution is -2.23. The number of aromatic nitrogens is 1. The average molecular weight is 368 g/mol. The van der Waals surface area contributed by atoms with Gasteiger partial charge >= 0.3 is 0 Å². The van der Waals surface area contributed by atoms with Crippen molar-refractivity contribution in [3.05, 3.63) is 59.9 Å². The molecule has 1 amide bonds. The number of benzene rings is 1. The van der Waals surface area contributed by atoms with Crippen LogP contribution in [0.15, 0.2) is 48.7 Å². The summed E-state index contributed by atoms with van der Waals surface area (Å²) in [5.74, 6) is 1.27. The Morgan fingerprint density at radius 1 is 1.19 bits per heavy atom. The lowest BCUT2D eigenvalue weighted by Gasteiger charge is -2.11. The number of carbonyl (C=O) groups excluding carboxylic acids is 1. The summed E-state index contributed by atoms with van der Waals surface area (Å²) in [6.45, 7) is 3.37. The van der Waals surface area contributed by atoms with Gasteiger partial charge in [0.05, 0.1) is 13.7 Å². The first-order valence-electron chi connectivity index (χ1n) is 9.39.